The average molecular weight is 292 g/mol. The Morgan fingerprint density at radius 3 is 2.62 bits per heavy atom. The summed E-state index contributed by atoms with van der Waals surface area (Å²) in [5.74, 6) is -0.753. The number of hydrogen-bond donors (Lipinski definition) is 1. The number of ether oxygens (including phenoxy) is 1. The summed E-state index contributed by atoms with van der Waals surface area (Å²) in [7, 11) is 0. The lowest BCUT2D eigenvalue weighted by Gasteiger charge is -2.19. The van der Waals surface area contributed by atoms with Gasteiger partial charge in [0.15, 0.2) is 0 Å². The van der Waals surface area contributed by atoms with Crippen LogP contribution in [0, 0.1) is 17.3 Å². The zero-order valence-electron chi connectivity index (χ0n) is 13.2. The maximum atomic E-state index is 11.4. The molecule has 0 aromatic heterocycles. The lowest BCUT2D eigenvalue weighted by molar-refractivity contribution is -0.147. The number of aliphatic carboxylic acids is 1. The third-order valence-corrected chi connectivity index (χ3v) is 4.80. The van der Waals surface area contributed by atoms with Crippen LogP contribution in [0.3, 0.4) is 0 Å². The van der Waals surface area contributed by atoms with E-state index in [2.05, 4.69) is 19.9 Å². The highest BCUT2D eigenvalue weighted by molar-refractivity contribution is 5.86. The first kappa shape index (κ1) is 15.8. The number of carboxylic acids is 1. The van der Waals surface area contributed by atoms with Crippen LogP contribution >= 0.6 is 0 Å². The fourth-order valence-corrected chi connectivity index (χ4v) is 3.56. The molecule has 0 aromatic rings. The van der Waals surface area contributed by atoms with Crippen LogP contribution in [0.15, 0.2) is 23.3 Å². The van der Waals surface area contributed by atoms with Crippen molar-refractivity contribution in [2.75, 3.05) is 0 Å². The second kappa shape index (κ2) is 5.66. The molecule has 116 valence electrons. The molecule has 2 aliphatic carbocycles. The summed E-state index contributed by atoms with van der Waals surface area (Å²) in [6.07, 6.45) is 5.79. The molecule has 1 saturated carbocycles. The molecular formula is C17H24O4. The maximum absolute atomic E-state index is 11.4. The molecule has 4 nitrogen and oxygen atoms in total. The van der Waals surface area contributed by atoms with Crippen molar-refractivity contribution in [3.8, 4) is 0 Å². The van der Waals surface area contributed by atoms with Crippen molar-refractivity contribution in [1.82, 2.24) is 0 Å². The van der Waals surface area contributed by atoms with Crippen molar-refractivity contribution < 1.29 is 19.4 Å². The van der Waals surface area contributed by atoms with Crippen LogP contribution in [-0.4, -0.2) is 23.1 Å². The highest BCUT2D eigenvalue weighted by Gasteiger charge is 2.61. The number of allylic oxidation sites excluding steroid dienone is 2. The molecule has 0 aromatic carbocycles. The Labute approximate surface area is 125 Å². The van der Waals surface area contributed by atoms with Gasteiger partial charge in [-0.05, 0) is 31.1 Å². The van der Waals surface area contributed by atoms with E-state index >= 15 is 0 Å². The van der Waals surface area contributed by atoms with Crippen LogP contribution in [0.5, 0.6) is 0 Å². The van der Waals surface area contributed by atoms with Gasteiger partial charge in [-0.25, -0.2) is 4.79 Å². The van der Waals surface area contributed by atoms with Gasteiger partial charge in [-0.3, -0.25) is 4.79 Å². The third kappa shape index (κ3) is 3.36. The first-order valence-corrected chi connectivity index (χ1v) is 7.50. The second-order valence-corrected chi connectivity index (χ2v) is 6.81. The van der Waals surface area contributed by atoms with Crippen LogP contribution in [-0.2, 0) is 14.3 Å². The standard InChI is InChI=1S/C17H24O4/c1-10-6-5-7-12(16(19)20)9-13-15(17(13,3)4)14(8-10)21-11(2)18/h6,9,13-15H,5,7-8H2,1-4H3,(H,19,20)/b10-6+,12-9+/t13-,14+,15-/m1/s1. The van der Waals surface area contributed by atoms with Crippen molar-refractivity contribution in [2.45, 2.75) is 53.1 Å². The van der Waals surface area contributed by atoms with E-state index in [1.54, 1.807) is 0 Å². The summed E-state index contributed by atoms with van der Waals surface area (Å²) in [4.78, 5) is 22.7. The molecular weight excluding hydrogens is 268 g/mol. The maximum Gasteiger partial charge on any atom is 0.331 e. The predicted molar refractivity (Wildman–Crippen MR) is 79.6 cm³/mol. The Bertz CT molecular complexity index is 513. The first-order valence-electron chi connectivity index (χ1n) is 7.50. The highest BCUT2D eigenvalue weighted by atomic mass is 16.5. The molecule has 0 spiro atoms. The zero-order valence-corrected chi connectivity index (χ0v) is 13.2. The molecule has 2 aliphatic rings. The normalized spacial score (nSPS) is 36.3. The second-order valence-electron chi connectivity index (χ2n) is 6.81. The average Bonchev–Trinajstić information content (AvgIpc) is 2.88. The van der Waals surface area contributed by atoms with Crippen LogP contribution in [0.2, 0.25) is 0 Å². The Kier molecular flexibility index (Phi) is 4.26. The Morgan fingerprint density at radius 1 is 1.38 bits per heavy atom. The Balaban J connectivity index is 2.33. The first-order chi connectivity index (χ1) is 9.73. The Hall–Kier alpha value is -1.58. The topological polar surface area (TPSA) is 63.6 Å². The van der Waals surface area contributed by atoms with E-state index in [0.29, 0.717) is 18.4 Å². The minimum absolute atomic E-state index is 0.0224. The summed E-state index contributed by atoms with van der Waals surface area (Å²) in [6, 6.07) is 0. The molecule has 2 rings (SSSR count). The summed E-state index contributed by atoms with van der Waals surface area (Å²) >= 11 is 0. The van der Waals surface area contributed by atoms with E-state index in [-0.39, 0.29) is 29.3 Å². The van der Waals surface area contributed by atoms with Gasteiger partial charge in [-0.1, -0.05) is 31.6 Å². The van der Waals surface area contributed by atoms with Gasteiger partial charge >= 0.3 is 11.9 Å². The molecule has 3 atom stereocenters. The van der Waals surface area contributed by atoms with Gasteiger partial charge in [0, 0.05) is 24.8 Å². The highest BCUT2D eigenvalue weighted by Crippen LogP contribution is 2.62. The van der Waals surface area contributed by atoms with E-state index in [9.17, 15) is 14.7 Å². The number of hydrogen-bond acceptors (Lipinski definition) is 3. The number of carbonyl (C=O) groups is 2. The third-order valence-electron chi connectivity index (χ3n) is 4.80. The van der Waals surface area contributed by atoms with Gasteiger partial charge < -0.3 is 9.84 Å². The fraction of sp³-hybridized carbons (Fsp3) is 0.647. The summed E-state index contributed by atoms with van der Waals surface area (Å²) in [5.41, 5.74) is 1.61. The lowest BCUT2D eigenvalue weighted by Crippen LogP contribution is -2.22. The largest absolute Gasteiger partial charge is 0.478 e. The number of fused-ring (bicyclic) bond motifs is 1. The van der Waals surface area contributed by atoms with Crippen LogP contribution in [0.25, 0.3) is 0 Å². The number of carboxylic acid groups (broad SMARTS) is 1. The number of rotatable bonds is 2. The molecule has 0 bridgehead atoms. The van der Waals surface area contributed by atoms with Crippen molar-refractivity contribution in [2.24, 2.45) is 17.3 Å². The van der Waals surface area contributed by atoms with Gasteiger partial charge in [0.05, 0.1) is 0 Å². The van der Waals surface area contributed by atoms with Gasteiger partial charge in [-0.15, -0.1) is 0 Å². The van der Waals surface area contributed by atoms with Crippen molar-refractivity contribution in [3.05, 3.63) is 23.3 Å². The zero-order chi connectivity index (χ0) is 15.8. The molecule has 0 saturated heterocycles. The molecule has 21 heavy (non-hydrogen) atoms. The summed E-state index contributed by atoms with van der Waals surface area (Å²) in [6.45, 7) is 7.69. The lowest BCUT2D eigenvalue weighted by atomic mass is 9.98. The quantitative estimate of drug-likeness (QED) is 0.626. The van der Waals surface area contributed by atoms with E-state index in [1.807, 2.05) is 13.0 Å². The minimum atomic E-state index is -0.841. The molecule has 0 aliphatic heterocycles. The van der Waals surface area contributed by atoms with Gasteiger partial charge in [0.1, 0.15) is 6.10 Å². The van der Waals surface area contributed by atoms with Gasteiger partial charge in [-0.2, -0.15) is 0 Å². The molecule has 0 unspecified atom stereocenters. The minimum Gasteiger partial charge on any atom is -0.478 e. The van der Waals surface area contributed by atoms with Gasteiger partial charge in [0.2, 0.25) is 0 Å². The SMILES string of the molecule is CC(=O)O[C@H]1C/C(C)=C/CC/C(C(=O)O)=C\[C@@H]2[C@H]1C2(C)C. The Morgan fingerprint density at radius 2 is 2.05 bits per heavy atom. The molecule has 1 fully saturated rings. The van der Waals surface area contributed by atoms with E-state index in [0.717, 1.165) is 12.0 Å². The van der Waals surface area contributed by atoms with Gasteiger partial charge in [0.25, 0.3) is 0 Å². The summed E-state index contributed by atoms with van der Waals surface area (Å²) < 4.78 is 5.52. The van der Waals surface area contributed by atoms with E-state index < -0.39 is 5.97 Å². The molecule has 4 heteroatoms. The van der Waals surface area contributed by atoms with Crippen molar-refractivity contribution >= 4 is 11.9 Å². The smallest absolute Gasteiger partial charge is 0.331 e. The predicted octanol–water partition coefficient (Wildman–Crippen LogP) is 3.33. The van der Waals surface area contributed by atoms with Crippen LogP contribution < -0.4 is 0 Å². The van der Waals surface area contributed by atoms with Crippen LogP contribution in [0.4, 0.5) is 0 Å². The molecule has 0 amide bonds. The van der Waals surface area contributed by atoms with E-state index in [4.69, 9.17) is 4.74 Å². The number of esters is 1. The van der Waals surface area contributed by atoms with Crippen molar-refractivity contribution in [3.63, 3.8) is 0 Å². The number of carbonyl (C=O) groups excluding carboxylic acids is 1. The molecule has 1 N–H and O–H groups in total. The molecule has 0 heterocycles. The van der Waals surface area contributed by atoms with Crippen LogP contribution in [0.1, 0.15) is 47.0 Å². The van der Waals surface area contributed by atoms with Crippen molar-refractivity contribution in [1.29, 1.82) is 0 Å². The monoisotopic (exact) mass is 292 g/mol. The fourth-order valence-electron chi connectivity index (χ4n) is 3.56. The summed E-state index contributed by atoms with van der Waals surface area (Å²) in [5, 5.41) is 9.33. The van der Waals surface area contributed by atoms with E-state index in [1.165, 1.54) is 6.92 Å². The molecule has 0 radical (unpaired) electrons.